The number of non-ortho nitro benzene ring substituents is 1. The van der Waals surface area contributed by atoms with E-state index in [1.54, 1.807) is 41.8 Å². The van der Waals surface area contributed by atoms with Crippen LogP contribution in [0.4, 0.5) is 17.1 Å². The number of nitrogens with zero attached hydrogens (tertiary/aromatic N) is 4. The molecule has 0 fully saturated rings. The molecule has 0 aliphatic rings. The maximum atomic E-state index is 12.8. The van der Waals surface area contributed by atoms with Gasteiger partial charge in [-0.15, -0.1) is 0 Å². The molecule has 4 aromatic rings. The third kappa shape index (κ3) is 5.46. The van der Waals surface area contributed by atoms with Crippen molar-refractivity contribution in [3.8, 4) is 17.2 Å². The number of nitro benzene ring substituents is 2. The normalized spacial score (nSPS) is 10.8. The largest absolute Gasteiger partial charge is 0.495 e. The lowest BCUT2D eigenvalue weighted by molar-refractivity contribution is -0.384. The van der Waals surface area contributed by atoms with Gasteiger partial charge in [0.05, 0.1) is 52.1 Å². The van der Waals surface area contributed by atoms with Gasteiger partial charge in [0.1, 0.15) is 17.2 Å². The van der Waals surface area contributed by atoms with E-state index in [4.69, 9.17) is 9.47 Å². The lowest BCUT2D eigenvalue weighted by Crippen LogP contribution is -2.15. The number of hydrogen-bond donors (Lipinski definition) is 1. The standard InChI is InChI=1S/C24H21N5O7S/c1-3-36-16-9-10-17(21(13-16)29(33)34)25-23(30)14-37-24-26-18-12-15(28(31)32)8-11-19(18)27(24)20-6-4-5-7-22(20)35-2/h4-13H,3,14H2,1-2H3,(H,25,30). The summed E-state index contributed by atoms with van der Waals surface area (Å²) < 4.78 is 12.5. The molecule has 4 rings (SSSR count). The van der Waals surface area contributed by atoms with Crippen LogP contribution >= 0.6 is 11.8 Å². The molecule has 0 aliphatic heterocycles. The number of ether oxygens (including phenoxy) is 2. The third-order valence-electron chi connectivity index (χ3n) is 5.23. The van der Waals surface area contributed by atoms with Crippen LogP contribution in [0.1, 0.15) is 6.92 Å². The quantitative estimate of drug-likeness (QED) is 0.172. The summed E-state index contributed by atoms with van der Waals surface area (Å²) in [6.07, 6.45) is 0. The van der Waals surface area contributed by atoms with Crippen LogP contribution in [0, 0.1) is 20.2 Å². The van der Waals surface area contributed by atoms with E-state index < -0.39 is 15.8 Å². The van der Waals surface area contributed by atoms with Crippen LogP contribution in [0.15, 0.2) is 65.8 Å². The first-order valence-electron chi connectivity index (χ1n) is 11.0. The molecule has 0 spiro atoms. The number of rotatable bonds is 10. The first-order valence-corrected chi connectivity index (χ1v) is 11.9. The Balaban J connectivity index is 1.65. The van der Waals surface area contributed by atoms with Crippen molar-refractivity contribution in [2.75, 3.05) is 24.8 Å². The van der Waals surface area contributed by atoms with Crippen molar-refractivity contribution in [2.45, 2.75) is 12.1 Å². The van der Waals surface area contributed by atoms with E-state index in [1.807, 2.05) is 0 Å². The number of nitro groups is 2. The van der Waals surface area contributed by atoms with Crippen LogP contribution < -0.4 is 14.8 Å². The van der Waals surface area contributed by atoms with E-state index in [0.29, 0.717) is 40.0 Å². The van der Waals surface area contributed by atoms with Crippen molar-refractivity contribution in [3.05, 3.63) is 80.9 Å². The molecule has 3 aromatic carbocycles. The van der Waals surface area contributed by atoms with Crippen molar-refractivity contribution in [2.24, 2.45) is 0 Å². The van der Waals surface area contributed by atoms with Gasteiger partial charge >= 0.3 is 0 Å². The molecule has 0 aliphatic carbocycles. The minimum atomic E-state index is -0.598. The molecule has 0 bridgehead atoms. The monoisotopic (exact) mass is 523 g/mol. The maximum absolute atomic E-state index is 12.8. The van der Waals surface area contributed by atoms with Crippen molar-refractivity contribution < 1.29 is 24.1 Å². The number of amides is 1. The Morgan fingerprint density at radius 2 is 1.86 bits per heavy atom. The number of fused-ring (bicyclic) bond motifs is 1. The molecular weight excluding hydrogens is 502 g/mol. The van der Waals surface area contributed by atoms with Gasteiger partial charge in [-0.25, -0.2) is 4.98 Å². The molecule has 0 radical (unpaired) electrons. The number of benzene rings is 3. The average Bonchev–Trinajstić information content (AvgIpc) is 3.25. The van der Waals surface area contributed by atoms with Gasteiger partial charge < -0.3 is 14.8 Å². The number of methoxy groups -OCH3 is 1. The van der Waals surface area contributed by atoms with E-state index in [2.05, 4.69) is 10.3 Å². The van der Waals surface area contributed by atoms with Crippen LogP contribution in [-0.4, -0.2) is 44.8 Å². The van der Waals surface area contributed by atoms with Crippen LogP contribution in [0.3, 0.4) is 0 Å². The lowest BCUT2D eigenvalue weighted by atomic mass is 10.2. The van der Waals surface area contributed by atoms with Crippen molar-refractivity contribution in [3.63, 3.8) is 0 Å². The average molecular weight is 524 g/mol. The van der Waals surface area contributed by atoms with E-state index in [-0.39, 0.29) is 22.8 Å². The molecule has 1 heterocycles. The summed E-state index contributed by atoms with van der Waals surface area (Å²) in [6, 6.07) is 15.7. The van der Waals surface area contributed by atoms with Gasteiger partial charge in [0.15, 0.2) is 5.16 Å². The number of aromatic nitrogens is 2. The second kappa shape index (κ2) is 11.0. The summed E-state index contributed by atoms with van der Waals surface area (Å²) >= 11 is 1.07. The van der Waals surface area contributed by atoms with Crippen molar-refractivity contribution in [1.29, 1.82) is 0 Å². The first kappa shape index (κ1) is 25.4. The number of nitrogens with one attached hydrogen (secondary N) is 1. The molecule has 12 nitrogen and oxygen atoms in total. The Labute approximate surface area is 214 Å². The number of para-hydroxylation sites is 2. The highest BCUT2D eigenvalue weighted by atomic mass is 32.2. The van der Waals surface area contributed by atoms with Gasteiger partial charge in [-0.3, -0.25) is 29.6 Å². The predicted octanol–water partition coefficient (Wildman–Crippen LogP) is 4.98. The summed E-state index contributed by atoms with van der Waals surface area (Å²) in [4.78, 5) is 38.9. The lowest BCUT2D eigenvalue weighted by Gasteiger charge is -2.13. The Hall–Kier alpha value is -4.65. The molecule has 13 heteroatoms. The Kier molecular flexibility index (Phi) is 7.53. The molecule has 0 saturated carbocycles. The van der Waals surface area contributed by atoms with E-state index >= 15 is 0 Å². The third-order valence-corrected chi connectivity index (χ3v) is 6.17. The highest BCUT2D eigenvalue weighted by Crippen LogP contribution is 2.34. The number of carbonyl (C=O) groups excluding carboxylic acids is 1. The van der Waals surface area contributed by atoms with E-state index in [0.717, 1.165) is 11.8 Å². The van der Waals surface area contributed by atoms with E-state index in [1.165, 1.54) is 37.4 Å². The maximum Gasteiger partial charge on any atom is 0.296 e. The molecule has 1 aromatic heterocycles. The van der Waals surface area contributed by atoms with Gasteiger partial charge in [-0.05, 0) is 37.3 Å². The zero-order valence-electron chi connectivity index (χ0n) is 19.7. The second-order valence-electron chi connectivity index (χ2n) is 7.54. The summed E-state index contributed by atoms with van der Waals surface area (Å²) in [5.74, 6) is 0.227. The van der Waals surface area contributed by atoms with Crippen LogP contribution in [0.2, 0.25) is 0 Å². The van der Waals surface area contributed by atoms with Crippen LogP contribution in [0.5, 0.6) is 11.5 Å². The topological polar surface area (TPSA) is 152 Å². The number of carbonyl (C=O) groups is 1. The molecule has 37 heavy (non-hydrogen) atoms. The fourth-order valence-corrected chi connectivity index (χ4v) is 4.47. The number of anilines is 1. The highest BCUT2D eigenvalue weighted by molar-refractivity contribution is 7.99. The predicted molar refractivity (Wildman–Crippen MR) is 138 cm³/mol. The minimum absolute atomic E-state index is 0.0351. The second-order valence-corrected chi connectivity index (χ2v) is 8.48. The summed E-state index contributed by atoms with van der Waals surface area (Å²) in [5, 5.41) is 25.7. The Bertz CT molecular complexity index is 1500. The van der Waals surface area contributed by atoms with Crippen LogP contribution in [-0.2, 0) is 4.79 Å². The molecule has 0 saturated heterocycles. The zero-order valence-corrected chi connectivity index (χ0v) is 20.6. The highest BCUT2D eigenvalue weighted by Gasteiger charge is 2.21. The first-order chi connectivity index (χ1) is 17.8. The number of imidazole rings is 1. The van der Waals surface area contributed by atoms with E-state index in [9.17, 15) is 25.0 Å². The smallest absolute Gasteiger partial charge is 0.296 e. The Morgan fingerprint density at radius 3 is 2.57 bits per heavy atom. The fraction of sp³-hybridized carbons (Fsp3) is 0.167. The molecule has 1 N–H and O–H groups in total. The number of thioether (sulfide) groups is 1. The van der Waals surface area contributed by atoms with Gasteiger partial charge in [0.2, 0.25) is 5.91 Å². The summed E-state index contributed by atoms with van der Waals surface area (Å²) in [5.41, 5.74) is 1.21. The molecule has 190 valence electrons. The Morgan fingerprint density at radius 1 is 1.08 bits per heavy atom. The SMILES string of the molecule is CCOc1ccc(NC(=O)CSc2nc3cc([N+](=O)[O-])ccc3n2-c2ccccc2OC)c([N+](=O)[O-])c1. The minimum Gasteiger partial charge on any atom is -0.495 e. The fourth-order valence-electron chi connectivity index (χ4n) is 3.65. The van der Waals surface area contributed by atoms with Crippen LogP contribution in [0.25, 0.3) is 16.7 Å². The summed E-state index contributed by atoms with van der Waals surface area (Å²) in [7, 11) is 1.52. The molecule has 0 unspecified atom stereocenters. The molecule has 1 amide bonds. The van der Waals surface area contributed by atoms with Gasteiger partial charge in [0, 0.05) is 12.1 Å². The molecular formula is C24H21N5O7S. The van der Waals surface area contributed by atoms with Crippen molar-refractivity contribution >= 4 is 45.8 Å². The zero-order chi connectivity index (χ0) is 26.5. The van der Waals surface area contributed by atoms with Gasteiger partial charge in [-0.2, -0.15) is 0 Å². The van der Waals surface area contributed by atoms with Gasteiger partial charge in [-0.1, -0.05) is 23.9 Å². The summed E-state index contributed by atoms with van der Waals surface area (Å²) in [6.45, 7) is 2.10. The van der Waals surface area contributed by atoms with Gasteiger partial charge in [0.25, 0.3) is 11.4 Å². The number of hydrogen-bond acceptors (Lipinski definition) is 9. The molecule has 0 atom stereocenters. The van der Waals surface area contributed by atoms with Crippen molar-refractivity contribution in [1.82, 2.24) is 9.55 Å².